The van der Waals surface area contributed by atoms with E-state index in [0.29, 0.717) is 6.54 Å². The van der Waals surface area contributed by atoms with Crippen LogP contribution in [0.25, 0.3) is 0 Å². The third-order valence-corrected chi connectivity index (χ3v) is 4.17. The Morgan fingerprint density at radius 2 is 1.95 bits per heavy atom. The van der Waals surface area contributed by atoms with E-state index >= 15 is 0 Å². The van der Waals surface area contributed by atoms with Gasteiger partial charge >= 0.3 is 0 Å². The van der Waals surface area contributed by atoms with Crippen molar-refractivity contribution in [2.45, 2.75) is 19.4 Å². The van der Waals surface area contributed by atoms with Gasteiger partial charge in [-0.3, -0.25) is 14.5 Å². The zero-order valence-corrected chi connectivity index (χ0v) is 11.8. The lowest BCUT2D eigenvalue weighted by atomic mass is 10.00. The second-order valence-corrected chi connectivity index (χ2v) is 5.41. The van der Waals surface area contributed by atoms with E-state index in [-0.39, 0.29) is 23.8 Å². The number of hydrogen-bond acceptors (Lipinski definition) is 4. The Balaban J connectivity index is 1.79. The SMILES string of the molecule is CNC(=O)CN1CCN(C(=O)C2CCNC2C)CC1. The number of carbonyl (C=O) groups is 2. The first-order chi connectivity index (χ1) is 9.11. The molecular weight excluding hydrogens is 244 g/mol. The van der Waals surface area contributed by atoms with Gasteiger partial charge in [0.2, 0.25) is 11.8 Å². The van der Waals surface area contributed by atoms with Gasteiger partial charge in [-0.15, -0.1) is 0 Å². The van der Waals surface area contributed by atoms with Gasteiger partial charge in [0.1, 0.15) is 0 Å². The Morgan fingerprint density at radius 1 is 1.26 bits per heavy atom. The fourth-order valence-corrected chi connectivity index (χ4v) is 2.84. The zero-order chi connectivity index (χ0) is 13.8. The van der Waals surface area contributed by atoms with Crippen LogP contribution >= 0.6 is 0 Å². The lowest BCUT2D eigenvalue weighted by Crippen LogP contribution is -2.53. The van der Waals surface area contributed by atoms with Gasteiger partial charge < -0.3 is 15.5 Å². The van der Waals surface area contributed by atoms with E-state index in [9.17, 15) is 9.59 Å². The smallest absolute Gasteiger partial charge is 0.233 e. The Hall–Kier alpha value is -1.14. The zero-order valence-electron chi connectivity index (χ0n) is 11.8. The minimum atomic E-state index is 0.0355. The normalized spacial score (nSPS) is 28.4. The maximum Gasteiger partial charge on any atom is 0.233 e. The second kappa shape index (κ2) is 6.34. The van der Waals surface area contributed by atoms with Crippen molar-refractivity contribution in [2.75, 3.05) is 46.3 Å². The third kappa shape index (κ3) is 3.45. The summed E-state index contributed by atoms with van der Waals surface area (Å²) in [6.07, 6.45) is 0.943. The molecule has 2 fully saturated rings. The predicted octanol–water partition coefficient (Wildman–Crippen LogP) is -1.13. The number of nitrogens with one attached hydrogen (secondary N) is 2. The van der Waals surface area contributed by atoms with Crippen LogP contribution in [-0.4, -0.2) is 74.0 Å². The molecule has 2 aliphatic rings. The number of hydrogen-bond donors (Lipinski definition) is 2. The molecule has 6 heteroatoms. The molecule has 6 nitrogen and oxygen atoms in total. The summed E-state index contributed by atoms with van der Waals surface area (Å²) in [5.41, 5.74) is 0. The lowest BCUT2D eigenvalue weighted by Gasteiger charge is -2.36. The first-order valence-corrected chi connectivity index (χ1v) is 7.07. The van der Waals surface area contributed by atoms with Crippen LogP contribution in [0, 0.1) is 5.92 Å². The van der Waals surface area contributed by atoms with Crippen molar-refractivity contribution < 1.29 is 9.59 Å². The molecule has 0 bridgehead atoms. The number of likely N-dealkylation sites (N-methyl/N-ethyl adjacent to an activating group) is 1. The molecule has 0 aromatic rings. The maximum absolute atomic E-state index is 12.4. The quantitative estimate of drug-likeness (QED) is 0.680. The predicted molar refractivity (Wildman–Crippen MR) is 72.7 cm³/mol. The van der Waals surface area contributed by atoms with Crippen molar-refractivity contribution in [3.63, 3.8) is 0 Å². The summed E-state index contributed by atoms with van der Waals surface area (Å²) in [5, 5.41) is 5.95. The van der Waals surface area contributed by atoms with Crippen molar-refractivity contribution in [1.82, 2.24) is 20.4 Å². The van der Waals surface area contributed by atoms with Crippen LogP contribution in [0.5, 0.6) is 0 Å². The molecule has 2 heterocycles. The van der Waals surface area contributed by atoms with Crippen LogP contribution < -0.4 is 10.6 Å². The standard InChI is InChI=1S/C13H24N4O2/c1-10-11(3-4-15-10)13(19)17-7-5-16(6-8-17)9-12(18)14-2/h10-11,15H,3-9H2,1-2H3,(H,14,18). The summed E-state index contributed by atoms with van der Waals surface area (Å²) in [6, 6.07) is 0.288. The summed E-state index contributed by atoms with van der Waals surface area (Å²) in [6.45, 7) is 6.49. The van der Waals surface area contributed by atoms with Gasteiger partial charge in [0.25, 0.3) is 0 Å². The van der Waals surface area contributed by atoms with E-state index in [0.717, 1.165) is 39.1 Å². The van der Waals surface area contributed by atoms with E-state index in [1.165, 1.54) is 0 Å². The highest BCUT2D eigenvalue weighted by Crippen LogP contribution is 2.19. The molecule has 0 aromatic heterocycles. The van der Waals surface area contributed by atoms with Gasteiger partial charge in [0, 0.05) is 39.3 Å². The Bertz CT molecular complexity index is 340. The van der Waals surface area contributed by atoms with Gasteiger partial charge in [-0.25, -0.2) is 0 Å². The molecule has 2 N–H and O–H groups in total. The summed E-state index contributed by atoms with van der Waals surface area (Å²) >= 11 is 0. The number of piperazine rings is 1. The molecule has 0 aliphatic carbocycles. The molecule has 0 aromatic carbocycles. The minimum absolute atomic E-state index is 0.0355. The largest absolute Gasteiger partial charge is 0.358 e. The number of rotatable bonds is 3. The summed E-state index contributed by atoms with van der Waals surface area (Å²) in [7, 11) is 1.65. The van der Waals surface area contributed by atoms with Crippen LogP contribution in [-0.2, 0) is 9.59 Å². The Labute approximate surface area is 114 Å². The average molecular weight is 268 g/mol. The molecule has 0 spiro atoms. The van der Waals surface area contributed by atoms with Crippen LogP contribution in [0.15, 0.2) is 0 Å². The van der Waals surface area contributed by atoms with Crippen molar-refractivity contribution in [2.24, 2.45) is 5.92 Å². The van der Waals surface area contributed by atoms with E-state index in [2.05, 4.69) is 22.5 Å². The van der Waals surface area contributed by atoms with Crippen molar-refractivity contribution in [3.8, 4) is 0 Å². The summed E-state index contributed by atoms with van der Waals surface area (Å²) < 4.78 is 0. The molecule has 108 valence electrons. The van der Waals surface area contributed by atoms with Gasteiger partial charge in [-0.2, -0.15) is 0 Å². The number of carbonyl (C=O) groups excluding carboxylic acids is 2. The summed E-state index contributed by atoms with van der Waals surface area (Å²) in [5.74, 6) is 0.441. The first-order valence-electron chi connectivity index (χ1n) is 7.07. The van der Waals surface area contributed by atoms with E-state index < -0.39 is 0 Å². The molecule has 2 saturated heterocycles. The third-order valence-electron chi connectivity index (χ3n) is 4.17. The molecule has 0 radical (unpaired) electrons. The molecule has 2 amide bonds. The molecule has 2 unspecified atom stereocenters. The molecular formula is C13H24N4O2. The van der Waals surface area contributed by atoms with Gasteiger partial charge in [-0.1, -0.05) is 0 Å². The lowest BCUT2D eigenvalue weighted by molar-refractivity contribution is -0.137. The fraction of sp³-hybridized carbons (Fsp3) is 0.846. The van der Waals surface area contributed by atoms with Gasteiger partial charge in [-0.05, 0) is 19.9 Å². The van der Waals surface area contributed by atoms with Crippen molar-refractivity contribution >= 4 is 11.8 Å². The van der Waals surface area contributed by atoms with E-state index in [1.54, 1.807) is 7.05 Å². The molecule has 2 atom stereocenters. The molecule has 2 rings (SSSR count). The van der Waals surface area contributed by atoms with Gasteiger partial charge in [0.05, 0.1) is 12.5 Å². The maximum atomic E-state index is 12.4. The number of nitrogens with zero attached hydrogens (tertiary/aromatic N) is 2. The first kappa shape index (κ1) is 14.3. The fourth-order valence-electron chi connectivity index (χ4n) is 2.84. The number of amides is 2. The van der Waals surface area contributed by atoms with Crippen molar-refractivity contribution in [1.29, 1.82) is 0 Å². The highest BCUT2D eigenvalue weighted by Gasteiger charge is 2.33. The van der Waals surface area contributed by atoms with Gasteiger partial charge in [0.15, 0.2) is 0 Å². The van der Waals surface area contributed by atoms with E-state index in [1.807, 2.05) is 4.90 Å². The Kier molecular flexibility index (Phi) is 4.76. The summed E-state index contributed by atoms with van der Waals surface area (Å²) in [4.78, 5) is 27.7. The highest BCUT2D eigenvalue weighted by molar-refractivity contribution is 5.80. The minimum Gasteiger partial charge on any atom is -0.358 e. The highest BCUT2D eigenvalue weighted by atomic mass is 16.2. The van der Waals surface area contributed by atoms with Crippen LogP contribution in [0.2, 0.25) is 0 Å². The monoisotopic (exact) mass is 268 g/mol. The van der Waals surface area contributed by atoms with E-state index in [4.69, 9.17) is 0 Å². The molecule has 2 aliphatic heterocycles. The molecule has 0 saturated carbocycles. The van der Waals surface area contributed by atoms with Crippen LogP contribution in [0.3, 0.4) is 0 Å². The van der Waals surface area contributed by atoms with Crippen LogP contribution in [0.4, 0.5) is 0 Å². The average Bonchev–Trinajstić information content (AvgIpc) is 2.85. The van der Waals surface area contributed by atoms with Crippen molar-refractivity contribution in [3.05, 3.63) is 0 Å². The Morgan fingerprint density at radius 3 is 2.47 bits per heavy atom. The second-order valence-electron chi connectivity index (χ2n) is 5.41. The molecule has 19 heavy (non-hydrogen) atoms. The van der Waals surface area contributed by atoms with Crippen LogP contribution in [0.1, 0.15) is 13.3 Å². The topological polar surface area (TPSA) is 64.7 Å².